The Hall–Kier alpha value is -1.69. The zero-order valence-electron chi connectivity index (χ0n) is 16.0. The lowest BCUT2D eigenvalue weighted by Crippen LogP contribution is -2.23. The Morgan fingerprint density at radius 3 is 2.12 bits per heavy atom. The Morgan fingerprint density at radius 1 is 0.885 bits per heavy atom. The Labute approximate surface area is 157 Å². The minimum absolute atomic E-state index is 0.232. The molecule has 3 atom stereocenters. The van der Waals surface area contributed by atoms with Gasteiger partial charge in [0.1, 0.15) is 0 Å². The van der Waals surface area contributed by atoms with Gasteiger partial charge in [0, 0.05) is 6.42 Å². The van der Waals surface area contributed by atoms with Crippen molar-refractivity contribution in [2.75, 3.05) is 7.11 Å². The van der Waals surface area contributed by atoms with E-state index in [-0.39, 0.29) is 12.4 Å². The maximum absolute atomic E-state index is 11.0. The van der Waals surface area contributed by atoms with Crippen LogP contribution in [0.4, 0.5) is 0 Å². The van der Waals surface area contributed by atoms with Crippen molar-refractivity contribution in [2.24, 2.45) is 0 Å². The molecule has 0 aromatic rings. The maximum Gasteiger partial charge on any atom is 0.305 e. The van der Waals surface area contributed by atoms with Gasteiger partial charge in [-0.2, -0.15) is 0 Å². The highest BCUT2D eigenvalue weighted by Crippen LogP contribution is 2.07. The van der Waals surface area contributed by atoms with Gasteiger partial charge in [0.25, 0.3) is 0 Å². The van der Waals surface area contributed by atoms with Crippen LogP contribution in [0, 0.1) is 0 Å². The molecule has 0 spiro atoms. The molecule has 0 bridgehead atoms. The number of allylic oxidation sites excluding steroid dienone is 6. The zero-order valence-corrected chi connectivity index (χ0v) is 16.0. The number of unbranched alkanes of at least 4 members (excludes halogenated alkanes) is 2. The van der Waals surface area contributed by atoms with Crippen LogP contribution in [0.1, 0.15) is 51.9 Å². The Balaban J connectivity index is 3.98. The van der Waals surface area contributed by atoms with Gasteiger partial charge in [0.05, 0.1) is 25.4 Å². The number of carbonyl (C=O) groups excluding carboxylic acids is 1. The first-order chi connectivity index (χ1) is 12.5. The van der Waals surface area contributed by atoms with E-state index in [1.165, 1.54) is 13.2 Å². The highest BCUT2D eigenvalue weighted by molar-refractivity contribution is 5.68. The Morgan fingerprint density at radius 2 is 1.50 bits per heavy atom. The summed E-state index contributed by atoms with van der Waals surface area (Å²) in [6.07, 6.45) is 16.8. The van der Waals surface area contributed by atoms with Crippen LogP contribution in [-0.2, 0) is 9.53 Å². The summed E-state index contributed by atoms with van der Waals surface area (Å²) in [4.78, 5) is 11.0. The summed E-state index contributed by atoms with van der Waals surface area (Å²) in [6, 6.07) is 0. The maximum atomic E-state index is 11.0. The minimum atomic E-state index is -0.973. The number of rotatable bonds is 14. The van der Waals surface area contributed by atoms with Crippen LogP contribution in [0.15, 0.2) is 48.6 Å². The first-order valence-electron chi connectivity index (χ1n) is 9.30. The van der Waals surface area contributed by atoms with Gasteiger partial charge in [0.2, 0.25) is 0 Å². The van der Waals surface area contributed by atoms with E-state index in [0.29, 0.717) is 12.8 Å². The molecule has 0 rings (SSSR count). The average molecular weight is 366 g/mol. The SMILES string of the molecule is CCCCC[C@@H](O)/C=C/C=C/C=C\C=C\[C@@H](O)[C@@H](O)CCCC(=O)OC. The molecule has 0 aliphatic rings. The molecule has 0 aromatic carbocycles. The summed E-state index contributed by atoms with van der Waals surface area (Å²) in [5, 5.41) is 29.3. The summed E-state index contributed by atoms with van der Waals surface area (Å²) in [7, 11) is 1.32. The van der Waals surface area contributed by atoms with Crippen molar-refractivity contribution in [3.8, 4) is 0 Å². The molecule has 0 saturated heterocycles. The topological polar surface area (TPSA) is 87.0 Å². The van der Waals surface area contributed by atoms with Crippen LogP contribution >= 0.6 is 0 Å². The van der Waals surface area contributed by atoms with Crippen LogP contribution in [-0.4, -0.2) is 46.7 Å². The molecule has 0 heterocycles. The predicted molar refractivity (Wildman–Crippen MR) is 105 cm³/mol. The normalized spacial score (nSPS) is 16.0. The second kappa shape index (κ2) is 16.8. The van der Waals surface area contributed by atoms with Gasteiger partial charge in [-0.25, -0.2) is 0 Å². The zero-order chi connectivity index (χ0) is 19.6. The van der Waals surface area contributed by atoms with Gasteiger partial charge < -0.3 is 20.1 Å². The molecule has 0 radical (unpaired) electrons. The minimum Gasteiger partial charge on any atom is -0.469 e. The quantitative estimate of drug-likeness (QED) is 0.250. The monoisotopic (exact) mass is 366 g/mol. The van der Waals surface area contributed by atoms with Crippen molar-refractivity contribution in [3.63, 3.8) is 0 Å². The Bertz CT molecular complexity index is 465. The first kappa shape index (κ1) is 24.3. The fraction of sp³-hybridized carbons (Fsp3) is 0.571. The van der Waals surface area contributed by atoms with Crippen LogP contribution in [0.2, 0.25) is 0 Å². The molecular weight excluding hydrogens is 332 g/mol. The molecule has 0 aliphatic heterocycles. The number of ether oxygens (including phenoxy) is 1. The van der Waals surface area contributed by atoms with Gasteiger partial charge in [-0.3, -0.25) is 4.79 Å². The Kier molecular flexibility index (Phi) is 15.7. The largest absolute Gasteiger partial charge is 0.469 e. The molecule has 0 saturated carbocycles. The lowest BCUT2D eigenvalue weighted by Gasteiger charge is -2.13. The fourth-order valence-electron chi connectivity index (χ4n) is 2.18. The molecule has 5 nitrogen and oxygen atoms in total. The lowest BCUT2D eigenvalue weighted by atomic mass is 10.1. The molecular formula is C21H34O5. The van der Waals surface area contributed by atoms with E-state index in [1.54, 1.807) is 24.3 Å². The van der Waals surface area contributed by atoms with Crippen molar-refractivity contribution >= 4 is 5.97 Å². The molecule has 0 amide bonds. The van der Waals surface area contributed by atoms with E-state index in [2.05, 4.69) is 11.7 Å². The predicted octanol–water partition coefficient (Wildman–Crippen LogP) is 3.22. The second-order valence-electron chi connectivity index (χ2n) is 6.13. The number of carbonyl (C=O) groups is 1. The van der Waals surface area contributed by atoms with Crippen molar-refractivity contribution in [2.45, 2.75) is 70.2 Å². The third-order valence-electron chi connectivity index (χ3n) is 3.80. The number of aliphatic hydroxyl groups is 3. The van der Waals surface area contributed by atoms with Gasteiger partial charge in [-0.1, -0.05) is 74.8 Å². The molecule has 0 aromatic heterocycles. The number of hydrogen-bond acceptors (Lipinski definition) is 5. The fourth-order valence-corrected chi connectivity index (χ4v) is 2.18. The first-order valence-corrected chi connectivity index (χ1v) is 9.30. The molecule has 148 valence electrons. The molecule has 5 heteroatoms. The molecule has 3 N–H and O–H groups in total. The third kappa shape index (κ3) is 14.6. The van der Waals surface area contributed by atoms with Crippen molar-refractivity contribution in [1.29, 1.82) is 0 Å². The van der Waals surface area contributed by atoms with Gasteiger partial charge in [-0.15, -0.1) is 0 Å². The average Bonchev–Trinajstić information content (AvgIpc) is 2.63. The highest BCUT2D eigenvalue weighted by Gasteiger charge is 2.13. The van der Waals surface area contributed by atoms with E-state index in [9.17, 15) is 20.1 Å². The number of aliphatic hydroxyl groups excluding tert-OH is 3. The van der Waals surface area contributed by atoms with E-state index >= 15 is 0 Å². The molecule has 0 aliphatic carbocycles. The second-order valence-corrected chi connectivity index (χ2v) is 6.13. The third-order valence-corrected chi connectivity index (χ3v) is 3.80. The molecule has 0 unspecified atom stereocenters. The van der Waals surface area contributed by atoms with Crippen LogP contribution < -0.4 is 0 Å². The van der Waals surface area contributed by atoms with Gasteiger partial charge in [-0.05, 0) is 19.3 Å². The van der Waals surface area contributed by atoms with Gasteiger partial charge >= 0.3 is 5.97 Å². The van der Waals surface area contributed by atoms with Crippen molar-refractivity contribution < 1.29 is 24.9 Å². The summed E-state index contributed by atoms with van der Waals surface area (Å²) in [6.45, 7) is 2.14. The van der Waals surface area contributed by atoms with E-state index in [1.807, 2.05) is 18.2 Å². The van der Waals surface area contributed by atoms with E-state index in [0.717, 1.165) is 25.7 Å². The van der Waals surface area contributed by atoms with Crippen LogP contribution in [0.25, 0.3) is 0 Å². The van der Waals surface area contributed by atoms with E-state index in [4.69, 9.17) is 0 Å². The van der Waals surface area contributed by atoms with Crippen LogP contribution in [0.5, 0.6) is 0 Å². The summed E-state index contributed by atoms with van der Waals surface area (Å²) < 4.78 is 4.52. The summed E-state index contributed by atoms with van der Waals surface area (Å²) in [5.41, 5.74) is 0. The number of esters is 1. The van der Waals surface area contributed by atoms with Gasteiger partial charge in [0.15, 0.2) is 0 Å². The highest BCUT2D eigenvalue weighted by atomic mass is 16.5. The molecule has 0 fully saturated rings. The van der Waals surface area contributed by atoms with Crippen molar-refractivity contribution in [3.05, 3.63) is 48.6 Å². The molecule has 26 heavy (non-hydrogen) atoms. The standard InChI is InChI=1S/C21H34O5/c1-3-4-9-13-18(22)14-10-7-5-6-8-11-15-19(23)20(24)16-12-17-21(25)26-2/h5-8,10-11,14-15,18-20,22-24H,3-4,9,12-13,16-17H2,1-2H3/b7-5+,8-6-,14-10+,15-11+/t18-,19-,20+/m1/s1. The van der Waals surface area contributed by atoms with Crippen molar-refractivity contribution in [1.82, 2.24) is 0 Å². The lowest BCUT2D eigenvalue weighted by molar-refractivity contribution is -0.140. The summed E-state index contributed by atoms with van der Waals surface area (Å²) in [5.74, 6) is -0.320. The number of methoxy groups -OCH3 is 1. The number of hydrogen-bond donors (Lipinski definition) is 3. The van der Waals surface area contributed by atoms with Crippen LogP contribution in [0.3, 0.4) is 0 Å². The van der Waals surface area contributed by atoms with E-state index < -0.39 is 18.3 Å². The smallest absolute Gasteiger partial charge is 0.305 e. The summed E-state index contributed by atoms with van der Waals surface area (Å²) >= 11 is 0.